The Morgan fingerprint density at radius 1 is 1.22 bits per heavy atom. The second kappa shape index (κ2) is 7.07. The summed E-state index contributed by atoms with van der Waals surface area (Å²) in [7, 11) is 1.70. The Bertz CT molecular complexity index is 266. The molecule has 0 aromatic heterocycles. The van der Waals surface area contributed by atoms with Crippen LogP contribution < -0.4 is 4.90 Å². The monoisotopic (exact) mass is 258 g/mol. The summed E-state index contributed by atoms with van der Waals surface area (Å²) < 4.78 is 16.2. The molecular formula is C13H24NO4+. The van der Waals surface area contributed by atoms with Crippen LogP contribution in [0.1, 0.15) is 25.7 Å². The van der Waals surface area contributed by atoms with Gasteiger partial charge in [-0.25, -0.2) is 4.79 Å². The molecule has 1 N–H and O–H groups in total. The second-order valence-electron chi connectivity index (χ2n) is 5.13. The van der Waals surface area contributed by atoms with Gasteiger partial charge in [-0.05, 0) is 19.3 Å². The molecule has 2 rings (SSSR count). The first-order valence-electron chi connectivity index (χ1n) is 6.93. The van der Waals surface area contributed by atoms with Crippen LogP contribution in [0.15, 0.2) is 0 Å². The molecule has 5 nitrogen and oxygen atoms in total. The highest BCUT2D eigenvalue weighted by Gasteiger charge is 2.29. The normalized spacial score (nSPS) is 30.1. The largest absolute Gasteiger partial charge is 0.455 e. The van der Waals surface area contributed by atoms with Gasteiger partial charge in [-0.3, -0.25) is 0 Å². The maximum absolute atomic E-state index is 11.9. The molecule has 0 aromatic rings. The van der Waals surface area contributed by atoms with E-state index in [-0.39, 0.29) is 18.2 Å². The summed E-state index contributed by atoms with van der Waals surface area (Å²) >= 11 is 0. The van der Waals surface area contributed by atoms with E-state index >= 15 is 0 Å². The molecule has 0 aromatic carbocycles. The van der Waals surface area contributed by atoms with Crippen molar-refractivity contribution in [3.8, 4) is 0 Å². The van der Waals surface area contributed by atoms with Crippen LogP contribution >= 0.6 is 0 Å². The fourth-order valence-corrected chi connectivity index (χ4v) is 2.72. The third-order valence-electron chi connectivity index (χ3n) is 3.82. The van der Waals surface area contributed by atoms with Gasteiger partial charge in [-0.1, -0.05) is 6.42 Å². The molecule has 1 saturated heterocycles. The lowest BCUT2D eigenvalue weighted by atomic mass is 9.94. The molecule has 0 spiro atoms. The highest BCUT2D eigenvalue weighted by atomic mass is 16.6. The molecule has 1 aliphatic carbocycles. The number of morpholine rings is 1. The van der Waals surface area contributed by atoms with Crippen LogP contribution in [-0.2, 0) is 19.0 Å². The molecule has 0 unspecified atom stereocenters. The summed E-state index contributed by atoms with van der Waals surface area (Å²) in [6.07, 6.45) is 4.27. The van der Waals surface area contributed by atoms with Gasteiger partial charge in [-0.15, -0.1) is 0 Å². The van der Waals surface area contributed by atoms with Crippen molar-refractivity contribution in [3.63, 3.8) is 0 Å². The van der Waals surface area contributed by atoms with E-state index in [2.05, 4.69) is 0 Å². The van der Waals surface area contributed by atoms with Gasteiger partial charge in [0.15, 0.2) is 6.54 Å². The van der Waals surface area contributed by atoms with Gasteiger partial charge >= 0.3 is 5.97 Å². The summed E-state index contributed by atoms with van der Waals surface area (Å²) in [6.45, 7) is 3.73. The number of carbonyl (C=O) groups excluding carboxylic acids is 1. The van der Waals surface area contributed by atoms with Crippen molar-refractivity contribution in [2.24, 2.45) is 0 Å². The first-order valence-corrected chi connectivity index (χ1v) is 6.93. The van der Waals surface area contributed by atoms with Gasteiger partial charge in [0, 0.05) is 7.11 Å². The van der Waals surface area contributed by atoms with E-state index < -0.39 is 0 Å². The van der Waals surface area contributed by atoms with Gasteiger partial charge < -0.3 is 19.1 Å². The fourth-order valence-electron chi connectivity index (χ4n) is 2.72. The third kappa shape index (κ3) is 3.93. The van der Waals surface area contributed by atoms with Crippen molar-refractivity contribution < 1.29 is 23.9 Å². The lowest BCUT2D eigenvalue weighted by Crippen LogP contribution is -3.15. The standard InChI is InChI=1S/C13H23NO4/c1-16-11-4-2-3-5-12(11)18-13(15)10-14-6-8-17-9-7-14/h11-12H,2-10H2,1H3/p+1/t11-,12+/m0/s1. The number of ether oxygens (including phenoxy) is 3. The summed E-state index contributed by atoms with van der Waals surface area (Å²) in [6, 6.07) is 0. The van der Waals surface area contributed by atoms with E-state index in [1.807, 2.05) is 0 Å². The van der Waals surface area contributed by atoms with Gasteiger partial charge in [0.1, 0.15) is 19.2 Å². The minimum Gasteiger partial charge on any atom is -0.455 e. The van der Waals surface area contributed by atoms with Crippen LogP contribution in [0.3, 0.4) is 0 Å². The Morgan fingerprint density at radius 3 is 2.56 bits per heavy atom. The Morgan fingerprint density at radius 2 is 1.89 bits per heavy atom. The summed E-state index contributed by atoms with van der Waals surface area (Å²) in [5.74, 6) is -0.0964. The van der Waals surface area contributed by atoms with Crippen molar-refractivity contribution in [3.05, 3.63) is 0 Å². The molecule has 1 aliphatic heterocycles. The van der Waals surface area contributed by atoms with Crippen LogP contribution in [0.4, 0.5) is 0 Å². The molecule has 2 aliphatic rings. The zero-order chi connectivity index (χ0) is 12.8. The summed E-state index contributed by atoms with van der Waals surface area (Å²) in [5.41, 5.74) is 0. The molecule has 1 heterocycles. The molecule has 0 bridgehead atoms. The van der Waals surface area contributed by atoms with Crippen LogP contribution in [-0.4, -0.2) is 58.1 Å². The summed E-state index contributed by atoms with van der Waals surface area (Å²) in [4.78, 5) is 13.2. The van der Waals surface area contributed by atoms with Gasteiger partial charge in [-0.2, -0.15) is 0 Å². The lowest BCUT2D eigenvalue weighted by Gasteiger charge is -2.30. The first kappa shape index (κ1) is 13.8. The van der Waals surface area contributed by atoms with Crippen molar-refractivity contribution in [2.45, 2.75) is 37.9 Å². The maximum atomic E-state index is 11.9. The fraction of sp³-hybridized carbons (Fsp3) is 0.923. The molecule has 2 atom stereocenters. The molecule has 0 amide bonds. The topological polar surface area (TPSA) is 49.2 Å². The predicted octanol–water partition coefficient (Wildman–Crippen LogP) is -0.598. The van der Waals surface area contributed by atoms with E-state index in [0.29, 0.717) is 6.54 Å². The molecule has 18 heavy (non-hydrogen) atoms. The Labute approximate surface area is 108 Å². The average molecular weight is 258 g/mol. The third-order valence-corrected chi connectivity index (χ3v) is 3.82. The van der Waals surface area contributed by atoms with Gasteiger partial charge in [0.05, 0.1) is 19.3 Å². The minimum atomic E-state index is -0.0964. The molecule has 1 saturated carbocycles. The zero-order valence-electron chi connectivity index (χ0n) is 11.2. The quantitative estimate of drug-likeness (QED) is 0.684. The van der Waals surface area contributed by atoms with E-state index in [9.17, 15) is 4.79 Å². The Kier molecular flexibility index (Phi) is 5.41. The number of hydrogen-bond acceptors (Lipinski definition) is 4. The van der Waals surface area contributed by atoms with E-state index in [1.54, 1.807) is 7.11 Å². The highest BCUT2D eigenvalue weighted by molar-refractivity contribution is 5.70. The Hall–Kier alpha value is -0.650. The van der Waals surface area contributed by atoms with Crippen LogP contribution in [0.5, 0.6) is 0 Å². The lowest BCUT2D eigenvalue weighted by molar-refractivity contribution is -0.900. The van der Waals surface area contributed by atoms with Gasteiger partial charge in [0.25, 0.3) is 0 Å². The van der Waals surface area contributed by atoms with Crippen molar-refractivity contribution in [1.82, 2.24) is 0 Å². The predicted molar refractivity (Wildman–Crippen MR) is 65.5 cm³/mol. The number of rotatable bonds is 4. The maximum Gasteiger partial charge on any atom is 0.362 e. The summed E-state index contributed by atoms with van der Waals surface area (Å²) in [5, 5.41) is 0. The molecule has 104 valence electrons. The van der Waals surface area contributed by atoms with Crippen molar-refractivity contribution >= 4 is 5.97 Å². The number of quaternary nitrogens is 1. The number of carbonyl (C=O) groups is 1. The van der Waals surface area contributed by atoms with Crippen LogP contribution in [0.2, 0.25) is 0 Å². The van der Waals surface area contributed by atoms with Crippen molar-refractivity contribution in [1.29, 1.82) is 0 Å². The molecular weight excluding hydrogens is 234 g/mol. The minimum absolute atomic E-state index is 0.0447. The molecule has 2 fully saturated rings. The smallest absolute Gasteiger partial charge is 0.362 e. The molecule has 0 radical (unpaired) electrons. The number of methoxy groups -OCH3 is 1. The van der Waals surface area contributed by atoms with Crippen molar-refractivity contribution in [2.75, 3.05) is 40.0 Å². The highest BCUT2D eigenvalue weighted by Crippen LogP contribution is 2.23. The number of hydrogen-bond donors (Lipinski definition) is 1. The van der Waals surface area contributed by atoms with E-state index in [1.165, 1.54) is 11.3 Å². The van der Waals surface area contributed by atoms with Gasteiger partial charge in [0.2, 0.25) is 0 Å². The average Bonchev–Trinajstić information content (AvgIpc) is 2.40. The van der Waals surface area contributed by atoms with E-state index in [4.69, 9.17) is 14.2 Å². The van der Waals surface area contributed by atoms with Crippen LogP contribution in [0.25, 0.3) is 0 Å². The zero-order valence-corrected chi connectivity index (χ0v) is 11.2. The Balaban J connectivity index is 1.75. The number of esters is 1. The SMILES string of the molecule is CO[C@H]1CCCC[C@H]1OC(=O)C[NH+]1CCOCC1. The van der Waals surface area contributed by atoms with E-state index in [0.717, 1.165) is 45.6 Å². The second-order valence-corrected chi connectivity index (χ2v) is 5.13. The first-order chi connectivity index (χ1) is 8.79. The number of nitrogens with one attached hydrogen (secondary N) is 1. The molecule has 5 heteroatoms. The van der Waals surface area contributed by atoms with Crippen LogP contribution in [0, 0.1) is 0 Å².